The van der Waals surface area contributed by atoms with Gasteiger partial charge >= 0.3 is 5.97 Å². The van der Waals surface area contributed by atoms with Crippen LogP contribution < -0.4 is 0 Å². The van der Waals surface area contributed by atoms with Crippen LogP contribution in [0.3, 0.4) is 0 Å². The number of carbonyl (C=O) groups is 1. The van der Waals surface area contributed by atoms with Gasteiger partial charge in [-0.3, -0.25) is 9.69 Å². The summed E-state index contributed by atoms with van der Waals surface area (Å²) in [7, 11) is 1.46. The highest BCUT2D eigenvalue weighted by atomic mass is 16.5. The summed E-state index contributed by atoms with van der Waals surface area (Å²) in [6.07, 6.45) is 0.467. The van der Waals surface area contributed by atoms with Gasteiger partial charge in [0.05, 0.1) is 12.8 Å². The van der Waals surface area contributed by atoms with Gasteiger partial charge in [-0.05, 0) is 40.8 Å². The van der Waals surface area contributed by atoms with Gasteiger partial charge in [-0.15, -0.1) is 0 Å². The Labute approximate surface area is 223 Å². The lowest BCUT2D eigenvalue weighted by Crippen LogP contribution is -2.42. The molecule has 0 radical (unpaired) electrons. The molecule has 1 atom stereocenters. The van der Waals surface area contributed by atoms with Crippen molar-refractivity contribution >= 4 is 16.9 Å². The number of aromatic nitrogens is 1. The van der Waals surface area contributed by atoms with E-state index in [-0.39, 0.29) is 5.97 Å². The maximum Gasteiger partial charge on any atom is 0.323 e. The third-order valence-electron chi connectivity index (χ3n) is 6.69. The zero-order valence-electron chi connectivity index (χ0n) is 21.4. The monoisotopic (exact) mass is 498 g/mol. The summed E-state index contributed by atoms with van der Waals surface area (Å²) in [5.41, 5.74) is 6.06. The predicted molar refractivity (Wildman–Crippen MR) is 152 cm³/mol. The number of nitrogens with zero attached hydrogens (tertiary/aromatic N) is 1. The number of fused-ring (bicyclic) bond motifs is 1. The van der Waals surface area contributed by atoms with E-state index in [2.05, 4.69) is 52.1 Å². The molecule has 0 aliphatic rings. The predicted octanol–water partition coefficient (Wildman–Crippen LogP) is 6.35. The number of carbonyl (C=O) groups excluding carboxylic acids is 1. The molecular formula is C34H30N2O2. The highest BCUT2D eigenvalue weighted by Gasteiger charge is 2.29. The molecule has 1 N–H and O–H groups in total. The van der Waals surface area contributed by atoms with Gasteiger partial charge in [-0.1, -0.05) is 103 Å². The molecule has 1 heterocycles. The van der Waals surface area contributed by atoms with Crippen molar-refractivity contribution in [2.75, 3.05) is 7.11 Å². The Kier molecular flexibility index (Phi) is 7.98. The molecule has 0 aliphatic heterocycles. The van der Waals surface area contributed by atoms with Crippen molar-refractivity contribution in [2.24, 2.45) is 0 Å². The highest BCUT2D eigenvalue weighted by molar-refractivity contribution is 5.87. The number of rotatable bonds is 8. The number of ether oxygens (including phenoxy) is 1. The van der Waals surface area contributed by atoms with Crippen molar-refractivity contribution in [3.05, 3.63) is 143 Å². The average Bonchev–Trinajstić information content (AvgIpc) is 3.33. The first-order chi connectivity index (χ1) is 18.7. The lowest BCUT2D eigenvalue weighted by atomic mass is 9.99. The molecular weight excluding hydrogens is 468 g/mol. The fourth-order valence-corrected chi connectivity index (χ4v) is 4.78. The van der Waals surface area contributed by atoms with Crippen molar-refractivity contribution in [1.29, 1.82) is 0 Å². The van der Waals surface area contributed by atoms with E-state index >= 15 is 0 Å². The average molecular weight is 499 g/mol. The van der Waals surface area contributed by atoms with E-state index < -0.39 is 6.04 Å². The van der Waals surface area contributed by atoms with E-state index in [1.165, 1.54) is 7.11 Å². The quantitative estimate of drug-likeness (QED) is 0.200. The first kappa shape index (κ1) is 25.1. The first-order valence-electron chi connectivity index (χ1n) is 12.8. The summed E-state index contributed by atoms with van der Waals surface area (Å²) in [4.78, 5) is 19.1. The van der Waals surface area contributed by atoms with E-state index in [1.54, 1.807) is 0 Å². The summed E-state index contributed by atoms with van der Waals surface area (Å²) in [5, 5.41) is 1.07. The fourth-order valence-electron chi connectivity index (χ4n) is 4.78. The Morgan fingerprint density at radius 1 is 0.763 bits per heavy atom. The van der Waals surface area contributed by atoms with E-state index in [0.29, 0.717) is 19.5 Å². The molecule has 4 heteroatoms. The standard InChI is InChI=1S/C34H30N2O2/c1-38-34(37)33(36(24-27-15-7-3-8-16-27)25-28-17-9-4-10-18-28)23-30-29-19-11-12-20-31(29)35-32(30)22-21-26-13-5-2-6-14-26/h2-20,33,35H,23-25H2,1H3/t33-/m0/s1. The van der Waals surface area contributed by atoms with Gasteiger partial charge in [0, 0.05) is 36.0 Å². The molecule has 1 aromatic heterocycles. The largest absolute Gasteiger partial charge is 0.468 e. The molecule has 0 saturated heterocycles. The Hall–Kier alpha value is -4.59. The van der Waals surface area contributed by atoms with Crippen molar-refractivity contribution < 1.29 is 9.53 Å². The fraction of sp³-hybridized carbons (Fsp3) is 0.147. The molecule has 5 aromatic rings. The molecule has 4 nitrogen and oxygen atoms in total. The summed E-state index contributed by atoms with van der Waals surface area (Å²) in [6, 6.07) is 38.1. The number of esters is 1. The summed E-state index contributed by atoms with van der Waals surface area (Å²) in [6.45, 7) is 1.23. The zero-order valence-corrected chi connectivity index (χ0v) is 21.4. The Morgan fingerprint density at radius 2 is 1.32 bits per heavy atom. The molecule has 0 fully saturated rings. The number of hydrogen-bond acceptors (Lipinski definition) is 3. The SMILES string of the molecule is COC(=O)[C@H](Cc1c(C#Cc2ccccc2)[nH]c2ccccc12)N(Cc1ccccc1)Cc1ccccc1. The smallest absolute Gasteiger partial charge is 0.323 e. The van der Waals surface area contributed by atoms with Crippen LogP contribution in [0.5, 0.6) is 0 Å². The Balaban J connectivity index is 1.56. The lowest BCUT2D eigenvalue weighted by molar-refractivity contribution is -0.147. The number of aromatic amines is 1. The van der Waals surface area contributed by atoms with Gasteiger partial charge in [-0.2, -0.15) is 0 Å². The van der Waals surface area contributed by atoms with Gasteiger partial charge in [0.2, 0.25) is 0 Å². The van der Waals surface area contributed by atoms with E-state index in [4.69, 9.17) is 4.74 Å². The first-order valence-corrected chi connectivity index (χ1v) is 12.8. The third-order valence-corrected chi connectivity index (χ3v) is 6.69. The molecule has 0 saturated carbocycles. The topological polar surface area (TPSA) is 45.3 Å². The summed E-state index contributed by atoms with van der Waals surface area (Å²) >= 11 is 0. The van der Waals surface area contributed by atoms with E-state index in [0.717, 1.165) is 38.9 Å². The Bertz CT molecular complexity index is 1510. The van der Waals surface area contributed by atoms with Crippen molar-refractivity contribution in [3.63, 3.8) is 0 Å². The molecule has 0 amide bonds. The van der Waals surface area contributed by atoms with Crippen molar-refractivity contribution in [1.82, 2.24) is 9.88 Å². The van der Waals surface area contributed by atoms with Crippen LogP contribution >= 0.6 is 0 Å². The number of para-hydroxylation sites is 1. The second kappa shape index (κ2) is 12.1. The van der Waals surface area contributed by atoms with Crippen LogP contribution in [0.1, 0.15) is 27.9 Å². The van der Waals surface area contributed by atoms with Gasteiger partial charge in [0.1, 0.15) is 6.04 Å². The van der Waals surface area contributed by atoms with Crippen molar-refractivity contribution in [3.8, 4) is 11.8 Å². The number of methoxy groups -OCH3 is 1. The van der Waals surface area contributed by atoms with Crippen LogP contribution in [-0.4, -0.2) is 29.0 Å². The minimum Gasteiger partial charge on any atom is -0.468 e. The molecule has 0 aliphatic carbocycles. The van der Waals surface area contributed by atoms with Gasteiger partial charge in [0.15, 0.2) is 0 Å². The van der Waals surface area contributed by atoms with Crippen LogP contribution in [0.2, 0.25) is 0 Å². The molecule has 0 bridgehead atoms. The van der Waals surface area contributed by atoms with E-state index in [1.807, 2.05) is 84.9 Å². The summed E-state index contributed by atoms with van der Waals surface area (Å²) in [5.74, 6) is 6.36. The molecule has 0 spiro atoms. The van der Waals surface area contributed by atoms with Crippen LogP contribution in [0.4, 0.5) is 0 Å². The Morgan fingerprint density at radius 3 is 1.92 bits per heavy atom. The number of H-pyrrole nitrogens is 1. The maximum atomic E-state index is 13.4. The second-order valence-corrected chi connectivity index (χ2v) is 9.26. The lowest BCUT2D eigenvalue weighted by Gasteiger charge is -2.30. The molecule has 188 valence electrons. The normalized spacial score (nSPS) is 11.6. The van der Waals surface area contributed by atoms with Gasteiger partial charge in [-0.25, -0.2) is 0 Å². The van der Waals surface area contributed by atoms with Crippen LogP contribution in [-0.2, 0) is 29.0 Å². The van der Waals surface area contributed by atoms with Gasteiger partial charge in [0.25, 0.3) is 0 Å². The molecule has 38 heavy (non-hydrogen) atoms. The second-order valence-electron chi connectivity index (χ2n) is 9.26. The highest BCUT2D eigenvalue weighted by Crippen LogP contribution is 2.26. The zero-order chi connectivity index (χ0) is 26.2. The maximum absolute atomic E-state index is 13.4. The number of hydrogen-bond donors (Lipinski definition) is 1. The van der Waals surface area contributed by atoms with Crippen LogP contribution in [0.25, 0.3) is 10.9 Å². The van der Waals surface area contributed by atoms with Crippen LogP contribution in [0.15, 0.2) is 115 Å². The molecule has 0 unspecified atom stereocenters. The molecule has 4 aromatic carbocycles. The van der Waals surface area contributed by atoms with Crippen molar-refractivity contribution in [2.45, 2.75) is 25.6 Å². The third kappa shape index (κ3) is 6.03. The molecule has 5 rings (SSSR count). The van der Waals surface area contributed by atoms with E-state index in [9.17, 15) is 4.79 Å². The number of benzene rings is 4. The van der Waals surface area contributed by atoms with Crippen LogP contribution in [0, 0.1) is 11.8 Å². The minimum absolute atomic E-state index is 0.260. The van der Waals surface area contributed by atoms with Gasteiger partial charge < -0.3 is 9.72 Å². The summed E-state index contributed by atoms with van der Waals surface area (Å²) < 4.78 is 5.37. The number of nitrogens with one attached hydrogen (secondary N) is 1. The minimum atomic E-state index is -0.503.